The van der Waals surface area contributed by atoms with E-state index in [0.717, 1.165) is 19.3 Å². The van der Waals surface area contributed by atoms with Gasteiger partial charge in [-0.2, -0.15) is 0 Å². The highest BCUT2D eigenvalue weighted by Gasteiger charge is 2.39. The van der Waals surface area contributed by atoms with Gasteiger partial charge in [0, 0.05) is 5.92 Å². The second-order valence-electron chi connectivity index (χ2n) is 8.66. The highest BCUT2D eigenvalue weighted by molar-refractivity contribution is 4.92. The number of rotatable bonds is 6. The molecule has 172 valence electrons. The maximum absolute atomic E-state index is 9.93. The maximum atomic E-state index is 9.93. The van der Waals surface area contributed by atoms with E-state index in [-0.39, 0.29) is 12.0 Å². The van der Waals surface area contributed by atoms with E-state index in [9.17, 15) is 10.2 Å². The summed E-state index contributed by atoms with van der Waals surface area (Å²) in [5, 5.41) is 22.1. The molecule has 0 saturated heterocycles. The van der Waals surface area contributed by atoms with Gasteiger partial charge in [0.25, 0.3) is 0 Å². The Hall–Kier alpha value is -0.380. The maximum Gasteiger partial charge on any atom is 0.0651 e. The van der Waals surface area contributed by atoms with Crippen molar-refractivity contribution in [1.82, 2.24) is 5.32 Å². The molecule has 0 amide bonds. The van der Waals surface area contributed by atoms with Gasteiger partial charge in [0.15, 0.2) is 0 Å². The van der Waals surface area contributed by atoms with Gasteiger partial charge in [0.2, 0.25) is 0 Å². The lowest BCUT2D eigenvalue weighted by Gasteiger charge is -2.44. The van der Waals surface area contributed by atoms with Crippen LogP contribution in [-0.2, 0) is 0 Å². The molecule has 1 aliphatic rings. The Balaban J connectivity index is -0.000000371. The van der Waals surface area contributed by atoms with Gasteiger partial charge >= 0.3 is 0 Å². The standard InChI is InChI=1S/C12H24O.C9H18O.C2H7N.C2H6/c1-4-8-12(3)9-6-7-11(13)10(12)5-2;1-5-6-7-8(2)9(3,4)10;1-3-2;1-2/h10-11,13H,4-9H2,1-3H3;6-8,10H,5H2,1-4H3;3H,1-2H3;1-2H3/b;7-6+;;/t10?,11?,12-;8-;;/m01../s1. The minimum Gasteiger partial charge on any atom is -0.393 e. The fourth-order valence-electron chi connectivity index (χ4n) is 3.79. The third-order valence-corrected chi connectivity index (χ3v) is 5.64. The summed E-state index contributed by atoms with van der Waals surface area (Å²) < 4.78 is 0. The lowest BCUT2D eigenvalue weighted by molar-refractivity contribution is -0.0249. The van der Waals surface area contributed by atoms with Gasteiger partial charge in [-0.1, -0.05) is 79.9 Å². The van der Waals surface area contributed by atoms with Crippen LogP contribution < -0.4 is 5.32 Å². The lowest BCUT2D eigenvalue weighted by atomic mass is 9.63. The van der Waals surface area contributed by atoms with E-state index >= 15 is 0 Å². The van der Waals surface area contributed by atoms with Gasteiger partial charge < -0.3 is 15.5 Å². The Bertz CT molecular complexity index is 345. The first-order valence-electron chi connectivity index (χ1n) is 11.7. The van der Waals surface area contributed by atoms with Crippen molar-refractivity contribution in [2.24, 2.45) is 17.3 Å². The fraction of sp³-hybridized carbons (Fsp3) is 0.920. The molecule has 28 heavy (non-hydrogen) atoms. The first-order chi connectivity index (χ1) is 13.0. The van der Waals surface area contributed by atoms with Gasteiger partial charge in [-0.05, 0) is 65.0 Å². The van der Waals surface area contributed by atoms with E-state index in [1.165, 1.54) is 25.7 Å². The molecule has 1 rings (SSSR count). The molecule has 0 aromatic carbocycles. The third-order valence-electron chi connectivity index (χ3n) is 5.64. The first-order valence-corrected chi connectivity index (χ1v) is 11.7. The number of allylic oxidation sites excluding steroid dienone is 1. The van der Waals surface area contributed by atoms with Crippen LogP contribution in [0.1, 0.15) is 107 Å². The van der Waals surface area contributed by atoms with Crippen molar-refractivity contribution < 1.29 is 10.2 Å². The first kappa shape index (κ1) is 32.3. The molecule has 1 fully saturated rings. The molecule has 1 saturated carbocycles. The largest absolute Gasteiger partial charge is 0.393 e. The molecule has 0 radical (unpaired) electrons. The summed E-state index contributed by atoms with van der Waals surface area (Å²) in [4.78, 5) is 0. The molecule has 3 nitrogen and oxygen atoms in total. The zero-order valence-corrected chi connectivity index (χ0v) is 21.2. The Labute approximate surface area is 178 Å². The van der Waals surface area contributed by atoms with Crippen LogP contribution in [0.5, 0.6) is 0 Å². The van der Waals surface area contributed by atoms with Crippen molar-refractivity contribution in [3.63, 3.8) is 0 Å². The lowest BCUT2D eigenvalue weighted by Crippen LogP contribution is -2.39. The Morgan fingerprint density at radius 2 is 1.68 bits per heavy atom. The molecule has 0 aromatic heterocycles. The molecular weight excluding hydrogens is 346 g/mol. The summed E-state index contributed by atoms with van der Waals surface area (Å²) in [5.41, 5.74) is -0.160. The minimum atomic E-state index is -0.578. The van der Waals surface area contributed by atoms with E-state index in [0.29, 0.717) is 11.3 Å². The smallest absolute Gasteiger partial charge is 0.0651 e. The molecule has 4 atom stereocenters. The van der Waals surface area contributed by atoms with Crippen LogP contribution in [0.4, 0.5) is 0 Å². The Kier molecular flexibility index (Phi) is 21.5. The summed E-state index contributed by atoms with van der Waals surface area (Å²) in [7, 11) is 3.75. The van der Waals surface area contributed by atoms with Gasteiger partial charge in [-0.15, -0.1) is 0 Å². The van der Waals surface area contributed by atoms with Crippen molar-refractivity contribution in [2.45, 2.75) is 119 Å². The number of hydrogen-bond acceptors (Lipinski definition) is 3. The summed E-state index contributed by atoms with van der Waals surface area (Å²) in [6.07, 6.45) is 12.4. The van der Waals surface area contributed by atoms with Crippen molar-refractivity contribution >= 4 is 0 Å². The number of hydrogen-bond donors (Lipinski definition) is 3. The second kappa shape index (κ2) is 18.6. The van der Waals surface area contributed by atoms with E-state index in [1.54, 1.807) is 0 Å². The van der Waals surface area contributed by atoms with Crippen molar-refractivity contribution in [2.75, 3.05) is 14.1 Å². The number of nitrogens with one attached hydrogen (secondary N) is 1. The molecule has 3 N–H and O–H groups in total. The minimum absolute atomic E-state index is 0.0321. The van der Waals surface area contributed by atoms with Gasteiger partial charge in [-0.3, -0.25) is 0 Å². The van der Waals surface area contributed by atoms with E-state index in [2.05, 4.69) is 45.2 Å². The topological polar surface area (TPSA) is 52.5 Å². The molecule has 0 aliphatic heterocycles. The van der Waals surface area contributed by atoms with Crippen LogP contribution in [-0.4, -0.2) is 36.0 Å². The highest BCUT2D eigenvalue weighted by atomic mass is 16.3. The van der Waals surface area contributed by atoms with Crippen LogP contribution >= 0.6 is 0 Å². The van der Waals surface area contributed by atoms with Crippen molar-refractivity contribution in [3.8, 4) is 0 Å². The van der Waals surface area contributed by atoms with Crippen molar-refractivity contribution in [3.05, 3.63) is 12.2 Å². The quantitative estimate of drug-likeness (QED) is 0.440. The van der Waals surface area contributed by atoms with E-state index < -0.39 is 5.60 Å². The molecule has 0 heterocycles. The van der Waals surface area contributed by atoms with Crippen LogP contribution in [0.2, 0.25) is 0 Å². The summed E-state index contributed by atoms with van der Waals surface area (Å²) >= 11 is 0. The molecular formula is C25H55NO2. The average molecular weight is 402 g/mol. The fourth-order valence-corrected chi connectivity index (χ4v) is 3.79. The molecule has 3 heteroatoms. The molecule has 0 spiro atoms. The number of aliphatic hydroxyl groups is 2. The normalized spacial score (nSPS) is 25.5. The highest BCUT2D eigenvalue weighted by Crippen LogP contribution is 2.45. The summed E-state index contributed by atoms with van der Waals surface area (Å²) in [6, 6.07) is 0. The summed E-state index contributed by atoms with van der Waals surface area (Å²) in [6.45, 7) is 18.6. The van der Waals surface area contributed by atoms with Gasteiger partial charge in [0.1, 0.15) is 0 Å². The van der Waals surface area contributed by atoms with Crippen LogP contribution in [0.15, 0.2) is 12.2 Å². The van der Waals surface area contributed by atoms with E-state index in [4.69, 9.17) is 0 Å². The van der Waals surface area contributed by atoms with Crippen LogP contribution in [0.25, 0.3) is 0 Å². The monoisotopic (exact) mass is 401 g/mol. The predicted molar refractivity (Wildman–Crippen MR) is 128 cm³/mol. The molecule has 0 aromatic rings. The predicted octanol–water partition coefficient (Wildman–Crippen LogP) is 6.59. The van der Waals surface area contributed by atoms with Gasteiger partial charge in [0.05, 0.1) is 11.7 Å². The Morgan fingerprint density at radius 1 is 1.18 bits per heavy atom. The summed E-state index contributed by atoms with van der Waals surface area (Å²) in [5.74, 6) is 0.786. The molecule has 0 bridgehead atoms. The third kappa shape index (κ3) is 14.6. The van der Waals surface area contributed by atoms with E-state index in [1.807, 2.05) is 48.7 Å². The zero-order valence-electron chi connectivity index (χ0n) is 21.2. The number of aliphatic hydroxyl groups excluding tert-OH is 1. The molecule has 1 aliphatic carbocycles. The zero-order chi connectivity index (χ0) is 22.8. The van der Waals surface area contributed by atoms with Gasteiger partial charge in [-0.25, -0.2) is 0 Å². The van der Waals surface area contributed by atoms with Crippen LogP contribution in [0, 0.1) is 17.3 Å². The second-order valence-corrected chi connectivity index (χ2v) is 8.66. The Morgan fingerprint density at radius 3 is 2.04 bits per heavy atom. The SMILES string of the molecule is CC.CC/C=C/[C@@H](C)C(C)(C)O.CCC[C@@]1(C)CCCC(O)C1CC.CNC. The average Bonchev–Trinajstić information content (AvgIpc) is 2.62. The molecule has 2 unspecified atom stereocenters. The van der Waals surface area contributed by atoms with Crippen molar-refractivity contribution in [1.29, 1.82) is 0 Å². The van der Waals surface area contributed by atoms with Crippen LogP contribution in [0.3, 0.4) is 0 Å².